The molecule has 0 bridgehead atoms. The fraction of sp³-hybridized carbons (Fsp3) is 0.333. The minimum Gasteiger partial charge on any atom is -0.449 e. The van der Waals surface area contributed by atoms with Gasteiger partial charge in [-0.05, 0) is 37.1 Å². The van der Waals surface area contributed by atoms with Crippen molar-refractivity contribution in [2.45, 2.75) is 38.4 Å². The van der Waals surface area contributed by atoms with E-state index in [1.807, 2.05) is 0 Å². The second kappa shape index (κ2) is 8.52. The van der Waals surface area contributed by atoms with E-state index < -0.39 is 43.1 Å². The quantitative estimate of drug-likeness (QED) is 0.755. The van der Waals surface area contributed by atoms with Gasteiger partial charge in [-0.15, -0.1) is 0 Å². The molecule has 2 aromatic rings. The molecule has 1 unspecified atom stereocenters. The summed E-state index contributed by atoms with van der Waals surface area (Å²) in [4.78, 5) is 25.0. The molecule has 7 nitrogen and oxygen atoms in total. The number of rotatable bonds is 5. The van der Waals surface area contributed by atoms with Gasteiger partial charge in [0.25, 0.3) is 0 Å². The number of carbonyl (C=O) groups excluding carboxylic acids is 2. The lowest BCUT2D eigenvalue weighted by atomic mass is 10.1. The number of hydrogen-bond acceptors (Lipinski definition) is 7. The third kappa shape index (κ3) is 4.06. The molecule has 1 fully saturated rings. The molecule has 4 atom stereocenters. The molecule has 148 valence electrons. The Morgan fingerprint density at radius 1 is 0.929 bits per heavy atom. The van der Waals surface area contributed by atoms with Crippen LogP contribution in [0.5, 0.6) is 0 Å². The maximum Gasteiger partial charge on any atom is 0.340 e. The molecule has 7 heteroatoms. The summed E-state index contributed by atoms with van der Waals surface area (Å²) in [6, 6.07) is 13.7. The van der Waals surface area contributed by atoms with Gasteiger partial charge in [0, 0.05) is 0 Å². The zero-order chi connectivity index (χ0) is 20.3. The van der Waals surface area contributed by atoms with E-state index in [4.69, 9.17) is 14.2 Å². The van der Waals surface area contributed by atoms with Crippen LogP contribution < -0.4 is 0 Å². The lowest BCUT2D eigenvalue weighted by Crippen LogP contribution is -2.39. The molecule has 1 aliphatic heterocycles. The van der Waals surface area contributed by atoms with E-state index in [1.165, 1.54) is 0 Å². The first-order valence-electron chi connectivity index (χ1n) is 8.90. The Balaban J connectivity index is 1.79. The van der Waals surface area contributed by atoms with Crippen LogP contribution in [0.2, 0.25) is 0 Å². The Hall–Kier alpha value is -2.74. The summed E-state index contributed by atoms with van der Waals surface area (Å²) in [6.07, 6.45) is -4.98. The molecule has 0 radical (unpaired) electrons. The van der Waals surface area contributed by atoms with Gasteiger partial charge in [-0.2, -0.15) is 0 Å². The molecule has 0 amide bonds. The van der Waals surface area contributed by atoms with Crippen molar-refractivity contribution in [3.63, 3.8) is 0 Å². The number of aryl methyl sites for hydroxylation is 2. The van der Waals surface area contributed by atoms with Crippen molar-refractivity contribution in [3.8, 4) is 0 Å². The first-order valence-corrected chi connectivity index (χ1v) is 8.90. The fourth-order valence-electron chi connectivity index (χ4n) is 3.03. The molecule has 2 aromatic carbocycles. The molecule has 28 heavy (non-hydrogen) atoms. The van der Waals surface area contributed by atoms with Crippen LogP contribution in [0, 0.1) is 13.8 Å². The molecule has 0 spiro atoms. The third-order valence-electron chi connectivity index (χ3n) is 4.67. The van der Waals surface area contributed by atoms with E-state index in [0.717, 1.165) is 0 Å². The van der Waals surface area contributed by atoms with Crippen molar-refractivity contribution < 1.29 is 34.0 Å². The zero-order valence-corrected chi connectivity index (χ0v) is 15.6. The lowest BCUT2D eigenvalue weighted by Gasteiger charge is -2.21. The molecule has 0 saturated carbocycles. The van der Waals surface area contributed by atoms with Gasteiger partial charge >= 0.3 is 11.9 Å². The Kier molecular flexibility index (Phi) is 6.08. The molecule has 3 rings (SSSR count). The summed E-state index contributed by atoms with van der Waals surface area (Å²) in [5, 5.41) is 19.8. The average molecular weight is 386 g/mol. The maximum atomic E-state index is 12.5. The van der Waals surface area contributed by atoms with Crippen molar-refractivity contribution in [2.75, 3.05) is 6.61 Å². The SMILES string of the molecule is Cc1ccccc1C(=O)OC1O[C@H](CO)[C@@H](O)[C@H]1OC(=O)c1ccccc1C. The van der Waals surface area contributed by atoms with Crippen molar-refractivity contribution in [2.24, 2.45) is 0 Å². The zero-order valence-electron chi connectivity index (χ0n) is 15.6. The van der Waals surface area contributed by atoms with Gasteiger partial charge in [0.15, 0.2) is 6.10 Å². The van der Waals surface area contributed by atoms with E-state index in [-0.39, 0.29) is 0 Å². The second-order valence-electron chi connectivity index (χ2n) is 6.62. The number of esters is 2. The van der Waals surface area contributed by atoms with Crippen LogP contribution in [-0.4, -0.2) is 53.4 Å². The van der Waals surface area contributed by atoms with Gasteiger partial charge in [0.05, 0.1) is 17.7 Å². The lowest BCUT2D eigenvalue weighted by molar-refractivity contribution is -0.141. The topological polar surface area (TPSA) is 102 Å². The molecule has 0 aliphatic carbocycles. The Morgan fingerprint density at radius 3 is 1.93 bits per heavy atom. The maximum absolute atomic E-state index is 12.5. The van der Waals surface area contributed by atoms with Gasteiger partial charge in [0.1, 0.15) is 12.2 Å². The Morgan fingerprint density at radius 2 is 1.43 bits per heavy atom. The second-order valence-corrected chi connectivity index (χ2v) is 6.62. The number of hydrogen-bond donors (Lipinski definition) is 2. The van der Waals surface area contributed by atoms with Gasteiger partial charge in [-0.3, -0.25) is 0 Å². The molecule has 1 heterocycles. The van der Waals surface area contributed by atoms with Crippen LogP contribution in [0.4, 0.5) is 0 Å². The van der Waals surface area contributed by atoms with Gasteiger partial charge in [-0.25, -0.2) is 9.59 Å². The predicted molar refractivity (Wildman–Crippen MR) is 98.7 cm³/mol. The highest BCUT2D eigenvalue weighted by Crippen LogP contribution is 2.27. The molecule has 0 aromatic heterocycles. The highest BCUT2D eigenvalue weighted by atomic mass is 16.7. The standard InChI is InChI=1S/C21H22O7/c1-12-7-3-5-9-14(12)19(24)27-18-17(23)16(11-22)26-21(18)28-20(25)15-10-6-4-8-13(15)2/h3-10,16-18,21-23H,11H2,1-2H3/t16-,17-,18-,21?/m1/s1. The van der Waals surface area contributed by atoms with Crippen LogP contribution in [0.3, 0.4) is 0 Å². The number of aliphatic hydroxyl groups excluding tert-OH is 2. The molecule has 1 saturated heterocycles. The normalized spacial score (nSPS) is 24.0. The molecular weight excluding hydrogens is 364 g/mol. The molecule has 1 aliphatic rings. The first kappa shape index (κ1) is 20.0. The number of ether oxygens (including phenoxy) is 3. The van der Waals surface area contributed by atoms with E-state index in [2.05, 4.69) is 0 Å². The minimum absolute atomic E-state index is 0.325. The number of benzene rings is 2. The summed E-state index contributed by atoms with van der Waals surface area (Å²) in [5.41, 5.74) is 2.06. The fourth-order valence-corrected chi connectivity index (χ4v) is 3.03. The van der Waals surface area contributed by atoms with Gasteiger partial charge < -0.3 is 24.4 Å². The van der Waals surface area contributed by atoms with Gasteiger partial charge in [0.2, 0.25) is 6.29 Å². The highest BCUT2D eigenvalue weighted by Gasteiger charge is 2.48. The van der Waals surface area contributed by atoms with E-state index in [1.54, 1.807) is 62.4 Å². The summed E-state index contributed by atoms with van der Waals surface area (Å²) < 4.78 is 16.2. The highest BCUT2D eigenvalue weighted by molar-refractivity contribution is 5.92. The molecule has 2 N–H and O–H groups in total. The monoisotopic (exact) mass is 386 g/mol. The predicted octanol–water partition coefficient (Wildman–Crippen LogP) is 1.76. The van der Waals surface area contributed by atoms with Crippen LogP contribution >= 0.6 is 0 Å². The van der Waals surface area contributed by atoms with Crippen LogP contribution in [0.1, 0.15) is 31.8 Å². The van der Waals surface area contributed by atoms with Crippen LogP contribution in [0.15, 0.2) is 48.5 Å². The first-order chi connectivity index (χ1) is 13.4. The van der Waals surface area contributed by atoms with Crippen molar-refractivity contribution in [1.82, 2.24) is 0 Å². The number of aliphatic hydroxyl groups is 2. The van der Waals surface area contributed by atoms with Crippen molar-refractivity contribution in [3.05, 3.63) is 70.8 Å². The average Bonchev–Trinajstić information content (AvgIpc) is 2.97. The van der Waals surface area contributed by atoms with Crippen LogP contribution in [-0.2, 0) is 14.2 Å². The Bertz CT molecular complexity index is 863. The smallest absolute Gasteiger partial charge is 0.340 e. The minimum atomic E-state index is -1.34. The van der Waals surface area contributed by atoms with Crippen molar-refractivity contribution in [1.29, 1.82) is 0 Å². The third-order valence-corrected chi connectivity index (χ3v) is 4.67. The van der Waals surface area contributed by atoms with Crippen LogP contribution in [0.25, 0.3) is 0 Å². The van der Waals surface area contributed by atoms with E-state index >= 15 is 0 Å². The van der Waals surface area contributed by atoms with Crippen molar-refractivity contribution >= 4 is 11.9 Å². The largest absolute Gasteiger partial charge is 0.449 e. The summed E-state index contributed by atoms with van der Waals surface area (Å²) in [5.74, 6) is -1.35. The summed E-state index contributed by atoms with van der Waals surface area (Å²) in [7, 11) is 0. The number of carbonyl (C=O) groups is 2. The van der Waals surface area contributed by atoms with Gasteiger partial charge in [-0.1, -0.05) is 36.4 Å². The summed E-state index contributed by atoms with van der Waals surface area (Å²) in [6.45, 7) is 3.00. The van der Waals surface area contributed by atoms with E-state index in [0.29, 0.717) is 22.3 Å². The van der Waals surface area contributed by atoms with E-state index in [9.17, 15) is 19.8 Å². The summed E-state index contributed by atoms with van der Waals surface area (Å²) >= 11 is 0. The molecular formula is C21H22O7. The Labute approximate surface area is 162 Å².